The summed E-state index contributed by atoms with van der Waals surface area (Å²) in [5.74, 6) is 0.0421. The predicted octanol–water partition coefficient (Wildman–Crippen LogP) is 2.46. The Balaban J connectivity index is 2.17. The zero-order valence-electron chi connectivity index (χ0n) is 13.8. The molecule has 1 aromatic carbocycles. The van der Waals surface area contributed by atoms with Crippen LogP contribution in [0.25, 0.3) is 0 Å². The van der Waals surface area contributed by atoms with Crippen molar-refractivity contribution < 1.29 is 19.4 Å². The van der Waals surface area contributed by atoms with Gasteiger partial charge < -0.3 is 14.6 Å². The molecule has 1 aliphatic heterocycles. The molecule has 22 heavy (non-hydrogen) atoms. The van der Waals surface area contributed by atoms with Crippen LogP contribution in [0.2, 0.25) is 0 Å². The van der Waals surface area contributed by atoms with Crippen molar-refractivity contribution in [2.45, 2.75) is 45.4 Å². The summed E-state index contributed by atoms with van der Waals surface area (Å²) in [6.07, 6.45) is -0.223. The lowest BCUT2D eigenvalue weighted by atomic mass is 9.98. The molecule has 2 rings (SSSR count). The van der Waals surface area contributed by atoms with E-state index >= 15 is 0 Å². The first-order valence-electron chi connectivity index (χ1n) is 7.54. The van der Waals surface area contributed by atoms with Crippen LogP contribution in [0.3, 0.4) is 0 Å². The lowest BCUT2D eigenvalue weighted by Crippen LogP contribution is -2.55. The Morgan fingerprint density at radius 2 is 2.23 bits per heavy atom. The lowest BCUT2D eigenvalue weighted by molar-refractivity contribution is -0.147. The van der Waals surface area contributed by atoms with Gasteiger partial charge in [-0.05, 0) is 26.8 Å². The van der Waals surface area contributed by atoms with Crippen molar-refractivity contribution in [2.75, 3.05) is 20.3 Å². The molecule has 0 bridgehead atoms. The number of rotatable bonds is 5. The number of carboxylic acids is 1. The predicted molar refractivity (Wildman–Crippen MR) is 84.2 cm³/mol. The molecular weight excluding hydrogens is 282 g/mol. The van der Waals surface area contributed by atoms with E-state index in [9.17, 15) is 4.79 Å². The normalized spacial score (nSPS) is 21.5. The Morgan fingerprint density at radius 1 is 1.50 bits per heavy atom. The summed E-state index contributed by atoms with van der Waals surface area (Å²) in [6.45, 7) is 8.14. The van der Waals surface area contributed by atoms with E-state index in [0.717, 1.165) is 17.9 Å². The van der Waals surface area contributed by atoms with Gasteiger partial charge in [-0.25, -0.2) is 0 Å². The van der Waals surface area contributed by atoms with Crippen molar-refractivity contribution in [3.63, 3.8) is 0 Å². The molecule has 1 heterocycles. The van der Waals surface area contributed by atoms with Crippen molar-refractivity contribution in [1.82, 2.24) is 4.90 Å². The fraction of sp³-hybridized carbons (Fsp3) is 0.588. The van der Waals surface area contributed by atoms with Crippen molar-refractivity contribution in [3.05, 3.63) is 29.3 Å². The third-order valence-corrected chi connectivity index (χ3v) is 4.15. The first-order valence-corrected chi connectivity index (χ1v) is 7.54. The number of ether oxygens (including phenoxy) is 2. The van der Waals surface area contributed by atoms with E-state index in [2.05, 4.69) is 31.7 Å². The smallest absolute Gasteiger partial charge is 0.306 e. The molecule has 1 fully saturated rings. The quantitative estimate of drug-likeness (QED) is 0.905. The Hall–Kier alpha value is -1.59. The van der Waals surface area contributed by atoms with Crippen LogP contribution in [-0.4, -0.2) is 47.9 Å². The van der Waals surface area contributed by atoms with Gasteiger partial charge >= 0.3 is 5.97 Å². The maximum Gasteiger partial charge on any atom is 0.306 e. The van der Waals surface area contributed by atoms with Crippen LogP contribution < -0.4 is 4.74 Å². The number of hydrogen-bond acceptors (Lipinski definition) is 4. The van der Waals surface area contributed by atoms with Crippen molar-refractivity contribution in [3.8, 4) is 5.75 Å². The van der Waals surface area contributed by atoms with Gasteiger partial charge in [-0.2, -0.15) is 0 Å². The van der Waals surface area contributed by atoms with Gasteiger partial charge in [0.15, 0.2) is 0 Å². The number of carboxylic acid groups (broad SMARTS) is 1. The molecule has 0 saturated carbocycles. The van der Waals surface area contributed by atoms with Crippen LogP contribution in [0, 0.1) is 6.92 Å². The van der Waals surface area contributed by atoms with E-state index in [-0.39, 0.29) is 18.1 Å². The van der Waals surface area contributed by atoms with Gasteiger partial charge in [0.1, 0.15) is 5.75 Å². The topological polar surface area (TPSA) is 59.0 Å². The number of carbonyl (C=O) groups is 1. The average molecular weight is 307 g/mol. The monoisotopic (exact) mass is 307 g/mol. The second-order valence-electron chi connectivity index (χ2n) is 6.54. The van der Waals surface area contributed by atoms with E-state index in [4.69, 9.17) is 14.6 Å². The van der Waals surface area contributed by atoms with Gasteiger partial charge in [0.25, 0.3) is 0 Å². The zero-order chi connectivity index (χ0) is 16.3. The van der Waals surface area contributed by atoms with Gasteiger partial charge in [-0.15, -0.1) is 0 Å². The van der Waals surface area contributed by atoms with Crippen LogP contribution in [0.4, 0.5) is 0 Å². The van der Waals surface area contributed by atoms with E-state index < -0.39 is 5.97 Å². The van der Waals surface area contributed by atoms with Crippen LogP contribution >= 0.6 is 0 Å². The number of morpholine rings is 1. The van der Waals surface area contributed by atoms with E-state index in [0.29, 0.717) is 13.2 Å². The molecule has 5 nitrogen and oxygen atoms in total. The summed E-state index contributed by atoms with van der Waals surface area (Å²) in [6, 6.07) is 6.13. The minimum atomic E-state index is -0.821. The number of hydrogen-bond donors (Lipinski definition) is 1. The molecule has 5 heteroatoms. The summed E-state index contributed by atoms with van der Waals surface area (Å²) in [5, 5.41) is 8.97. The third-order valence-electron chi connectivity index (χ3n) is 4.15. The SMILES string of the molecule is COc1ccc(C)cc1CN1CC(CC(=O)O)OCC1(C)C. The first-order chi connectivity index (χ1) is 10.3. The van der Waals surface area contributed by atoms with Crippen LogP contribution in [0.15, 0.2) is 18.2 Å². The number of aryl methyl sites for hydroxylation is 1. The molecule has 0 amide bonds. The average Bonchev–Trinajstić information content (AvgIpc) is 2.42. The van der Waals surface area contributed by atoms with Crippen molar-refractivity contribution in [2.24, 2.45) is 0 Å². The lowest BCUT2D eigenvalue weighted by Gasteiger charge is -2.45. The minimum Gasteiger partial charge on any atom is -0.496 e. The largest absolute Gasteiger partial charge is 0.496 e. The molecule has 1 aromatic rings. The summed E-state index contributed by atoms with van der Waals surface area (Å²) in [5.41, 5.74) is 2.17. The summed E-state index contributed by atoms with van der Waals surface area (Å²) < 4.78 is 11.1. The van der Waals surface area contributed by atoms with Gasteiger partial charge in [-0.1, -0.05) is 17.7 Å². The fourth-order valence-electron chi connectivity index (χ4n) is 2.79. The van der Waals surface area contributed by atoms with Crippen molar-refractivity contribution in [1.29, 1.82) is 0 Å². The maximum absolute atomic E-state index is 10.9. The van der Waals surface area contributed by atoms with Crippen LogP contribution in [-0.2, 0) is 16.1 Å². The number of aliphatic carboxylic acids is 1. The minimum absolute atomic E-state index is 0.0392. The highest BCUT2D eigenvalue weighted by Gasteiger charge is 2.36. The Kier molecular flexibility index (Phi) is 5.08. The number of benzene rings is 1. The highest BCUT2D eigenvalue weighted by molar-refractivity contribution is 5.67. The molecule has 1 saturated heterocycles. The van der Waals surface area contributed by atoms with Gasteiger partial charge in [0.2, 0.25) is 0 Å². The number of methoxy groups -OCH3 is 1. The van der Waals surface area contributed by atoms with Gasteiger partial charge in [0, 0.05) is 24.2 Å². The van der Waals surface area contributed by atoms with Gasteiger partial charge in [0.05, 0.1) is 26.2 Å². The standard InChI is InChI=1S/C17H25NO4/c1-12-5-6-15(21-4)13(7-12)9-18-10-14(8-16(19)20)22-11-17(18,2)3/h5-7,14H,8-11H2,1-4H3,(H,19,20). The molecule has 1 aliphatic rings. The molecule has 0 aliphatic carbocycles. The van der Waals surface area contributed by atoms with Gasteiger partial charge in [-0.3, -0.25) is 9.69 Å². The Bertz CT molecular complexity index is 541. The van der Waals surface area contributed by atoms with E-state index in [1.165, 1.54) is 5.56 Å². The zero-order valence-corrected chi connectivity index (χ0v) is 13.8. The van der Waals surface area contributed by atoms with Crippen molar-refractivity contribution >= 4 is 5.97 Å². The van der Waals surface area contributed by atoms with Crippen LogP contribution in [0.1, 0.15) is 31.4 Å². The molecule has 0 aromatic heterocycles. The second kappa shape index (κ2) is 6.67. The molecule has 1 unspecified atom stereocenters. The molecular formula is C17H25NO4. The molecule has 0 spiro atoms. The Morgan fingerprint density at radius 3 is 2.86 bits per heavy atom. The molecule has 0 radical (unpaired) electrons. The van der Waals surface area contributed by atoms with E-state index in [1.807, 2.05) is 12.1 Å². The molecule has 1 atom stereocenters. The third kappa shape index (κ3) is 3.99. The highest BCUT2D eigenvalue weighted by Crippen LogP contribution is 2.29. The number of nitrogens with zero attached hydrogens (tertiary/aromatic N) is 1. The van der Waals surface area contributed by atoms with Crippen LogP contribution in [0.5, 0.6) is 5.75 Å². The fourth-order valence-corrected chi connectivity index (χ4v) is 2.79. The van der Waals surface area contributed by atoms with E-state index in [1.54, 1.807) is 7.11 Å². The molecule has 1 N–H and O–H groups in total. The highest BCUT2D eigenvalue weighted by atomic mass is 16.5. The summed E-state index contributed by atoms with van der Waals surface area (Å²) >= 11 is 0. The Labute approximate surface area is 131 Å². The summed E-state index contributed by atoms with van der Waals surface area (Å²) in [4.78, 5) is 13.2. The second-order valence-corrected chi connectivity index (χ2v) is 6.54. The molecule has 122 valence electrons. The summed E-state index contributed by atoms with van der Waals surface area (Å²) in [7, 11) is 1.67. The maximum atomic E-state index is 10.9. The first kappa shape index (κ1) is 16.8.